The highest BCUT2D eigenvalue weighted by Crippen LogP contribution is 2.23. The van der Waals surface area contributed by atoms with Gasteiger partial charge in [-0.05, 0) is 43.4 Å². The normalized spacial score (nSPS) is 17.8. The molecule has 1 nitrogen and oxygen atoms in total. The van der Waals surface area contributed by atoms with E-state index in [1.807, 2.05) is 24.3 Å². The van der Waals surface area contributed by atoms with Crippen molar-refractivity contribution >= 4 is 6.08 Å². The minimum Gasteiger partial charge on any atom is -0.490 e. The largest absolute Gasteiger partial charge is 0.490 e. The molecule has 16 heavy (non-hydrogen) atoms. The van der Waals surface area contributed by atoms with Crippen LogP contribution in [-0.4, -0.2) is 6.10 Å². The van der Waals surface area contributed by atoms with Gasteiger partial charge in [0.1, 0.15) is 5.75 Å². The molecule has 1 fully saturated rings. The van der Waals surface area contributed by atoms with E-state index in [9.17, 15) is 0 Å². The molecule has 0 amide bonds. The summed E-state index contributed by atoms with van der Waals surface area (Å²) in [6, 6.07) is 7.99. The molecule has 0 atom stereocenters. The Kier molecular flexibility index (Phi) is 4.03. The maximum absolute atomic E-state index is 5.98. The van der Waals surface area contributed by atoms with Gasteiger partial charge in [-0.25, -0.2) is 0 Å². The highest BCUT2D eigenvalue weighted by Gasteiger charge is 2.13. The molecule has 1 heteroatoms. The van der Waals surface area contributed by atoms with E-state index in [4.69, 9.17) is 11.3 Å². The molecule has 85 valence electrons. The molecule has 0 unspecified atom stereocenters. The van der Waals surface area contributed by atoms with E-state index in [1.165, 1.54) is 38.5 Å². The van der Waals surface area contributed by atoms with Crippen LogP contribution in [0.3, 0.4) is 0 Å². The number of benzene rings is 1. The first-order valence-corrected chi connectivity index (χ1v) is 6.20. The van der Waals surface area contributed by atoms with Crippen molar-refractivity contribution in [2.45, 2.75) is 44.6 Å². The van der Waals surface area contributed by atoms with Crippen LogP contribution in [0.15, 0.2) is 24.3 Å². The van der Waals surface area contributed by atoms with E-state index in [0.717, 1.165) is 11.3 Å². The van der Waals surface area contributed by atoms with Crippen molar-refractivity contribution in [3.05, 3.63) is 36.4 Å². The van der Waals surface area contributed by atoms with E-state index in [1.54, 1.807) is 6.08 Å². The lowest BCUT2D eigenvalue weighted by atomic mass is 10.1. The van der Waals surface area contributed by atoms with Crippen LogP contribution in [0.2, 0.25) is 0 Å². The molecule has 2 rings (SSSR count). The van der Waals surface area contributed by atoms with Gasteiger partial charge < -0.3 is 4.74 Å². The molecule has 0 spiro atoms. The van der Waals surface area contributed by atoms with Crippen molar-refractivity contribution in [3.8, 4) is 5.75 Å². The zero-order valence-corrected chi connectivity index (χ0v) is 9.69. The fourth-order valence-corrected chi connectivity index (χ4v) is 2.21. The number of hydrogen-bond donors (Lipinski definition) is 0. The summed E-state index contributed by atoms with van der Waals surface area (Å²) >= 11 is 0. The van der Waals surface area contributed by atoms with Crippen molar-refractivity contribution in [1.29, 1.82) is 0 Å². The lowest BCUT2D eigenvalue weighted by Gasteiger charge is -2.16. The Morgan fingerprint density at radius 2 is 1.62 bits per heavy atom. The SMILES string of the molecule is [CH]=Cc1ccc(OC2CCCCCC2)cc1. The fourth-order valence-electron chi connectivity index (χ4n) is 2.21. The van der Waals surface area contributed by atoms with Gasteiger partial charge in [-0.2, -0.15) is 0 Å². The van der Waals surface area contributed by atoms with Gasteiger partial charge in [0, 0.05) is 0 Å². The minimum atomic E-state index is 0.412. The molecule has 1 aliphatic rings. The Bertz CT molecular complexity index is 318. The first-order valence-electron chi connectivity index (χ1n) is 6.20. The summed E-state index contributed by atoms with van der Waals surface area (Å²) in [6.45, 7) is 5.44. The minimum absolute atomic E-state index is 0.412. The molecule has 0 bridgehead atoms. The van der Waals surface area contributed by atoms with Gasteiger partial charge in [0.2, 0.25) is 0 Å². The molecular weight excluding hydrogens is 196 g/mol. The van der Waals surface area contributed by atoms with E-state index in [0.29, 0.717) is 6.10 Å². The lowest BCUT2D eigenvalue weighted by molar-refractivity contribution is 0.184. The molecule has 0 aliphatic heterocycles. The molecule has 1 aromatic rings. The van der Waals surface area contributed by atoms with Crippen LogP contribution in [0.1, 0.15) is 44.1 Å². The quantitative estimate of drug-likeness (QED) is 0.685. The first-order chi connectivity index (χ1) is 7.88. The van der Waals surface area contributed by atoms with Crippen molar-refractivity contribution in [2.75, 3.05) is 0 Å². The molecule has 1 aliphatic carbocycles. The maximum atomic E-state index is 5.98. The molecule has 1 saturated carbocycles. The predicted octanol–water partition coefficient (Wildman–Crippen LogP) is 4.23. The summed E-state index contributed by atoms with van der Waals surface area (Å²) in [5.41, 5.74) is 1.04. The summed E-state index contributed by atoms with van der Waals surface area (Å²) in [7, 11) is 0. The molecule has 0 heterocycles. The van der Waals surface area contributed by atoms with Gasteiger partial charge in [-0.3, -0.25) is 0 Å². The molecule has 0 aromatic heterocycles. The molecule has 0 N–H and O–H groups in total. The summed E-state index contributed by atoms with van der Waals surface area (Å²) in [6.07, 6.45) is 9.75. The summed E-state index contributed by atoms with van der Waals surface area (Å²) in [5, 5.41) is 0. The zero-order valence-electron chi connectivity index (χ0n) is 9.69. The Labute approximate surface area is 98.1 Å². The topological polar surface area (TPSA) is 9.23 Å². The first kappa shape index (κ1) is 11.3. The lowest BCUT2D eigenvalue weighted by Crippen LogP contribution is -2.14. The number of hydrogen-bond acceptors (Lipinski definition) is 1. The van der Waals surface area contributed by atoms with E-state index < -0.39 is 0 Å². The third-order valence-electron chi connectivity index (χ3n) is 3.18. The van der Waals surface area contributed by atoms with Gasteiger partial charge in [0.25, 0.3) is 0 Å². The van der Waals surface area contributed by atoms with E-state index in [-0.39, 0.29) is 0 Å². The summed E-state index contributed by atoms with van der Waals surface area (Å²) < 4.78 is 5.98. The van der Waals surface area contributed by atoms with Crippen LogP contribution in [0, 0.1) is 6.58 Å². The monoisotopic (exact) mass is 215 g/mol. The summed E-state index contributed by atoms with van der Waals surface area (Å²) in [5.74, 6) is 0.970. The van der Waals surface area contributed by atoms with Crippen LogP contribution < -0.4 is 4.74 Å². The van der Waals surface area contributed by atoms with Crippen molar-refractivity contribution in [1.82, 2.24) is 0 Å². The zero-order chi connectivity index (χ0) is 11.2. The second-order valence-corrected chi connectivity index (χ2v) is 4.47. The highest BCUT2D eigenvalue weighted by molar-refractivity contribution is 5.47. The summed E-state index contributed by atoms with van der Waals surface area (Å²) in [4.78, 5) is 0. The maximum Gasteiger partial charge on any atom is 0.119 e. The van der Waals surface area contributed by atoms with Gasteiger partial charge in [0.15, 0.2) is 0 Å². The molecule has 1 radical (unpaired) electrons. The second kappa shape index (κ2) is 5.74. The smallest absolute Gasteiger partial charge is 0.119 e. The van der Waals surface area contributed by atoms with Gasteiger partial charge in [-0.1, -0.05) is 37.6 Å². The third-order valence-corrected chi connectivity index (χ3v) is 3.18. The van der Waals surface area contributed by atoms with Crippen LogP contribution in [-0.2, 0) is 0 Å². The molecular formula is C15H19O. The highest BCUT2D eigenvalue weighted by atomic mass is 16.5. The molecule has 0 saturated heterocycles. The number of rotatable bonds is 3. The van der Waals surface area contributed by atoms with Crippen molar-refractivity contribution < 1.29 is 4.74 Å². The van der Waals surface area contributed by atoms with Crippen LogP contribution in [0.25, 0.3) is 6.08 Å². The predicted molar refractivity (Wildman–Crippen MR) is 67.3 cm³/mol. The van der Waals surface area contributed by atoms with Crippen molar-refractivity contribution in [3.63, 3.8) is 0 Å². The molecule has 1 aromatic carbocycles. The second-order valence-electron chi connectivity index (χ2n) is 4.47. The van der Waals surface area contributed by atoms with Crippen LogP contribution in [0.5, 0.6) is 5.75 Å². The van der Waals surface area contributed by atoms with Gasteiger partial charge in [-0.15, -0.1) is 0 Å². The Hall–Kier alpha value is -1.24. The number of ether oxygens (including phenoxy) is 1. The average molecular weight is 215 g/mol. The van der Waals surface area contributed by atoms with Crippen molar-refractivity contribution in [2.24, 2.45) is 0 Å². The van der Waals surface area contributed by atoms with Crippen LogP contribution >= 0.6 is 0 Å². The van der Waals surface area contributed by atoms with Gasteiger partial charge in [0.05, 0.1) is 6.10 Å². The Balaban J connectivity index is 1.93. The van der Waals surface area contributed by atoms with Gasteiger partial charge >= 0.3 is 0 Å². The van der Waals surface area contributed by atoms with E-state index >= 15 is 0 Å². The van der Waals surface area contributed by atoms with E-state index in [2.05, 4.69) is 0 Å². The van der Waals surface area contributed by atoms with Crippen LogP contribution in [0.4, 0.5) is 0 Å². The fraction of sp³-hybridized carbons (Fsp3) is 0.467. The Morgan fingerprint density at radius 3 is 2.19 bits per heavy atom. The average Bonchev–Trinajstić information content (AvgIpc) is 2.59. The Morgan fingerprint density at radius 1 is 1.00 bits per heavy atom. The third kappa shape index (κ3) is 3.13. The standard InChI is InChI=1S/C15H19O/c1-2-13-9-11-15(12-10-13)16-14-7-5-3-4-6-8-14/h1-2,9-12,14H,3-8H2.